The van der Waals surface area contributed by atoms with Crippen molar-refractivity contribution < 1.29 is 18.4 Å². The largest absolute Gasteiger partial charge is 0.324 e. The Labute approximate surface area is 130 Å². The van der Waals surface area contributed by atoms with E-state index in [0.29, 0.717) is 0 Å². The standard InChI is InChI=1S/C16H11F2N3O2/c17-11-5-3-6-12(18)16(11)21-15(23)8-14(22)20-13-7-2-1-4-10(13)9-19/h1-7H,8H2,(H,20,22)(H,21,23). The maximum atomic E-state index is 13.4. The molecule has 0 aliphatic rings. The summed E-state index contributed by atoms with van der Waals surface area (Å²) in [5.74, 6) is -3.45. The van der Waals surface area contributed by atoms with Gasteiger partial charge in [0.2, 0.25) is 11.8 Å². The van der Waals surface area contributed by atoms with Gasteiger partial charge in [-0.3, -0.25) is 9.59 Å². The van der Waals surface area contributed by atoms with Gasteiger partial charge in [-0.15, -0.1) is 0 Å². The van der Waals surface area contributed by atoms with Gasteiger partial charge in [0.15, 0.2) is 0 Å². The first-order valence-electron chi connectivity index (χ1n) is 6.54. The highest BCUT2D eigenvalue weighted by molar-refractivity contribution is 6.08. The number of hydrogen-bond acceptors (Lipinski definition) is 3. The van der Waals surface area contributed by atoms with Crippen molar-refractivity contribution in [1.82, 2.24) is 0 Å². The number of para-hydroxylation sites is 2. The quantitative estimate of drug-likeness (QED) is 0.851. The van der Waals surface area contributed by atoms with Crippen LogP contribution in [-0.4, -0.2) is 11.8 Å². The van der Waals surface area contributed by atoms with E-state index < -0.39 is 35.6 Å². The fraction of sp³-hybridized carbons (Fsp3) is 0.0625. The van der Waals surface area contributed by atoms with Gasteiger partial charge in [-0.25, -0.2) is 8.78 Å². The Balaban J connectivity index is 2.01. The molecule has 0 fully saturated rings. The molecule has 2 amide bonds. The summed E-state index contributed by atoms with van der Waals surface area (Å²) in [6.45, 7) is 0. The average molecular weight is 315 g/mol. The Kier molecular flexibility index (Phi) is 5.00. The first-order valence-corrected chi connectivity index (χ1v) is 6.54. The van der Waals surface area contributed by atoms with Crippen molar-refractivity contribution in [2.75, 3.05) is 10.6 Å². The van der Waals surface area contributed by atoms with Crippen molar-refractivity contribution in [3.63, 3.8) is 0 Å². The van der Waals surface area contributed by atoms with Crippen LogP contribution in [0.5, 0.6) is 0 Å². The Bertz CT molecular complexity index is 780. The molecular weight excluding hydrogens is 304 g/mol. The van der Waals surface area contributed by atoms with Crippen molar-refractivity contribution in [3.8, 4) is 6.07 Å². The van der Waals surface area contributed by atoms with Crippen molar-refractivity contribution in [2.24, 2.45) is 0 Å². The minimum Gasteiger partial charge on any atom is -0.324 e. The van der Waals surface area contributed by atoms with E-state index in [1.54, 1.807) is 12.1 Å². The van der Waals surface area contributed by atoms with Crippen LogP contribution < -0.4 is 10.6 Å². The maximum absolute atomic E-state index is 13.4. The predicted molar refractivity (Wildman–Crippen MR) is 79.4 cm³/mol. The number of amides is 2. The number of anilines is 2. The molecule has 2 aromatic carbocycles. The number of benzene rings is 2. The average Bonchev–Trinajstić information content (AvgIpc) is 2.51. The highest BCUT2D eigenvalue weighted by Crippen LogP contribution is 2.18. The molecule has 0 aliphatic heterocycles. The van der Waals surface area contributed by atoms with Crippen molar-refractivity contribution in [3.05, 3.63) is 59.7 Å². The molecule has 23 heavy (non-hydrogen) atoms. The summed E-state index contributed by atoms with van der Waals surface area (Å²) in [5.41, 5.74) is -0.117. The molecule has 5 nitrogen and oxygen atoms in total. The van der Waals surface area contributed by atoms with Crippen LogP contribution in [0.1, 0.15) is 12.0 Å². The molecule has 0 aliphatic carbocycles. The molecule has 0 radical (unpaired) electrons. The lowest BCUT2D eigenvalue weighted by Crippen LogP contribution is -2.22. The number of carbonyl (C=O) groups is 2. The van der Waals surface area contributed by atoms with Crippen molar-refractivity contribution in [1.29, 1.82) is 5.26 Å². The zero-order valence-electron chi connectivity index (χ0n) is 11.8. The summed E-state index contributed by atoms with van der Waals surface area (Å²) >= 11 is 0. The Hall–Kier alpha value is -3.27. The molecule has 0 aromatic heterocycles. The van der Waals surface area contributed by atoms with E-state index in [-0.39, 0.29) is 11.3 Å². The number of carbonyl (C=O) groups excluding carboxylic acids is 2. The first kappa shape index (κ1) is 16.1. The van der Waals surface area contributed by atoms with Crippen LogP contribution in [0.15, 0.2) is 42.5 Å². The summed E-state index contributed by atoms with van der Waals surface area (Å²) in [6.07, 6.45) is -0.645. The maximum Gasteiger partial charge on any atom is 0.233 e. The summed E-state index contributed by atoms with van der Waals surface area (Å²) in [6, 6.07) is 11.3. The first-order chi connectivity index (χ1) is 11.0. The zero-order chi connectivity index (χ0) is 16.8. The molecule has 0 saturated heterocycles. The smallest absolute Gasteiger partial charge is 0.233 e. The summed E-state index contributed by atoms with van der Waals surface area (Å²) in [4.78, 5) is 23.5. The van der Waals surface area contributed by atoms with E-state index >= 15 is 0 Å². The second-order valence-corrected chi connectivity index (χ2v) is 4.53. The minimum absolute atomic E-state index is 0.237. The van der Waals surface area contributed by atoms with Gasteiger partial charge in [0.1, 0.15) is 29.8 Å². The Morgan fingerprint density at radius 1 is 0.957 bits per heavy atom. The zero-order valence-corrected chi connectivity index (χ0v) is 11.8. The van der Waals surface area contributed by atoms with Gasteiger partial charge in [-0.2, -0.15) is 5.26 Å². The predicted octanol–water partition coefficient (Wildman–Crippen LogP) is 2.80. The van der Waals surface area contributed by atoms with Gasteiger partial charge in [-0.1, -0.05) is 18.2 Å². The molecule has 0 atom stereocenters. The van der Waals surface area contributed by atoms with Crippen molar-refractivity contribution in [2.45, 2.75) is 6.42 Å². The van der Waals surface area contributed by atoms with Gasteiger partial charge in [-0.05, 0) is 24.3 Å². The van der Waals surface area contributed by atoms with E-state index in [4.69, 9.17) is 5.26 Å². The molecule has 2 rings (SSSR count). The van der Waals surface area contributed by atoms with Crippen LogP contribution >= 0.6 is 0 Å². The normalized spacial score (nSPS) is 9.78. The van der Waals surface area contributed by atoms with Gasteiger partial charge in [0.05, 0.1) is 11.3 Å². The van der Waals surface area contributed by atoms with Crippen molar-refractivity contribution >= 4 is 23.2 Å². The number of nitriles is 1. The molecule has 2 aromatic rings. The SMILES string of the molecule is N#Cc1ccccc1NC(=O)CC(=O)Nc1c(F)cccc1F. The fourth-order valence-corrected chi connectivity index (χ4v) is 1.83. The molecule has 0 spiro atoms. The fourth-order valence-electron chi connectivity index (χ4n) is 1.83. The summed E-state index contributed by atoms with van der Waals surface area (Å²) < 4.78 is 26.8. The van der Waals surface area contributed by atoms with Crippen LogP contribution in [0.25, 0.3) is 0 Å². The molecule has 2 N–H and O–H groups in total. The third kappa shape index (κ3) is 4.11. The second-order valence-electron chi connectivity index (χ2n) is 4.53. The minimum atomic E-state index is -0.936. The summed E-state index contributed by atoms with van der Waals surface area (Å²) in [5, 5.41) is 13.3. The van der Waals surface area contributed by atoms with E-state index in [2.05, 4.69) is 5.32 Å². The highest BCUT2D eigenvalue weighted by Gasteiger charge is 2.15. The van der Waals surface area contributed by atoms with E-state index in [1.165, 1.54) is 12.1 Å². The second kappa shape index (κ2) is 7.13. The van der Waals surface area contributed by atoms with E-state index in [0.717, 1.165) is 18.2 Å². The lowest BCUT2D eigenvalue weighted by Gasteiger charge is -2.09. The van der Waals surface area contributed by atoms with Gasteiger partial charge < -0.3 is 10.6 Å². The molecular formula is C16H11F2N3O2. The third-order valence-electron chi connectivity index (χ3n) is 2.87. The molecule has 0 bridgehead atoms. The number of hydrogen-bond donors (Lipinski definition) is 2. The number of nitrogens with one attached hydrogen (secondary N) is 2. The Morgan fingerprint density at radius 3 is 2.22 bits per heavy atom. The van der Waals surface area contributed by atoms with Crippen LogP contribution in [0.2, 0.25) is 0 Å². The highest BCUT2D eigenvalue weighted by atomic mass is 19.1. The van der Waals surface area contributed by atoms with Gasteiger partial charge >= 0.3 is 0 Å². The van der Waals surface area contributed by atoms with E-state index in [9.17, 15) is 18.4 Å². The monoisotopic (exact) mass is 315 g/mol. The summed E-state index contributed by atoms with van der Waals surface area (Å²) in [7, 11) is 0. The number of nitrogens with zero attached hydrogens (tertiary/aromatic N) is 1. The van der Waals surface area contributed by atoms with Crippen LogP contribution in [-0.2, 0) is 9.59 Å². The van der Waals surface area contributed by atoms with Crippen LogP contribution in [0, 0.1) is 23.0 Å². The van der Waals surface area contributed by atoms with Gasteiger partial charge in [0.25, 0.3) is 0 Å². The van der Waals surface area contributed by atoms with Crippen LogP contribution in [0.4, 0.5) is 20.2 Å². The number of rotatable bonds is 4. The van der Waals surface area contributed by atoms with Gasteiger partial charge in [0, 0.05) is 0 Å². The van der Waals surface area contributed by atoms with E-state index in [1.807, 2.05) is 11.4 Å². The number of halogens is 2. The third-order valence-corrected chi connectivity index (χ3v) is 2.87. The van der Waals surface area contributed by atoms with Crippen LogP contribution in [0.3, 0.4) is 0 Å². The topological polar surface area (TPSA) is 82.0 Å². The molecule has 7 heteroatoms. The molecule has 116 valence electrons. The molecule has 0 unspecified atom stereocenters. The Morgan fingerprint density at radius 2 is 1.57 bits per heavy atom. The molecule has 0 heterocycles. The lowest BCUT2D eigenvalue weighted by atomic mass is 10.2. The lowest BCUT2D eigenvalue weighted by molar-refractivity contribution is -0.123. The molecule has 0 saturated carbocycles.